The molecule has 3 N–H and O–H groups in total. The first-order chi connectivity index (χ1) is 9.93. The first-order valence-corrected chi connectivity index (χ1v) is 6.33. The summed E-state index contributed by atoms with van der Waals surface area (Å²) in [6.45, 7) is 1.55. The van der Waals surface area contributed by atoms with Gasteiger partial charge in [-0.05, 0) is 6.92 Å². The van der Waals surface area contributed by atoms with Crippen molar-refractivity contribution < 1.29 is 24.2 Å². The fourth-order valence-corrected chi connectivity index (χ4v) is 2.17. The van der Waals surface area contributed by atoms with E-state index in [9.17, 15) is 19.5 Å². The Morgan fingerprint density at radius 2 is 2.29 bits per heavy atom. The van der Waals surface area contributed by atoms with Gasteiger partial charge in [-0.2, -0.15) is 0 Å². The SMILES string of the molecule is COC(=O)C(C)NC(=O)N1Cc2[nH]cnc2CC1C(=O)O. The second-order valence-electron chi connectivity index (χ2n) is 4.71. The molecule has 0 spiro atoms. The molecule has 1 aromatic heterocycles. The van der Waals surface area contributed by atoms with Gasteiger partial charge < -0.3 is 25.0 Å². The minimum absolute atomic E-state index is 0.0893. The number of hydrogen-bond donors (Lipinski definition) is 3. The quantitative estimate of drug-likeness (QED) is 0.645. The molecular formula is C12H16N4O5. The third kappa shape index (κ3) is 2.96. The molecule has 9 nitrogen and oxygen atoms in total. The van der Waals surface area contributed by atoms with Crippen LogP contribution in [0, 0.1) is 0 Å². The highest BCUT2D eigenvalue weighted by molar-refractivity contribution is 5.86. The zero-order chi connectivity index (χ0) is 15.6. The number of methoxy groups -OCH3 is 1. The number of aliphatic carboxylic acids is 1. The third-order valence-electron chi connectivity index (χ3n) is 3.34. The summed E-state index contributed by atoms with van der Waals surface area (Å²) in [7, 11) is 1.21. The van der Waals surface area contributed by atoms with Gasteiger partial charge in [0.2, 0.25) is 0 Å². The number of imidazole rings is 1. The highest BCUT2D eigenvalue weighted by Gasteiger charge is 2.36. The van der Waals surface area contributed by atoms with Crippen LogP contribution < -0.4 is 5.32 Å². The number of carboxylic acids is 1. The number of carbonyl (C=O) groups excluding carboxylic acids is 2. The van der Waals surface area contributed by atoms with Crippen LogP contribution in [0.4, 0.5) is 4.79 Å². The molecule has 1 aliphatic rings. The summed E-state index contributed by atoms with van der Waals surface area (Å²) in [6, 6.07) is -2.52. The molecule has 0 fully saturated rings. The van der Waals surface area contributed by atoms with E-state index in [-0.39, 0.29) is 13.0 Å². The maximum Gasteiger partial charge on any atom is 0.328 e. The van der Waals surface area contributed by atoms with Crippen LogP contribution in [0.1, 0.15) is 18.3 Å². The first kappa shape index (κ1) is 14.8. The van der Waals surface area contributed by atoms with Gasteiger partial charge in [0.1, 0.15) is 12.1 Å². The zero-order valence-electron chi connectivity index (χ0n) is 11.6. The normalized spacial score (nSPS) is 18.6. The molecule has 0 aromatic carbocycles. The van der Waals surface area contributed by atoms with Crippen LogP contribution in [0.3, 0.4) is 0 Å². The van der Waals surface area contributed by atoms with E-state index in [1.54, 1.807) is 0 Å². The van der Waals surface area contributed by atoms with Crippen molar-refractivity contribution >= 4 is 18.0 Å². The standard InChI is InChI=1S/C12H16N4O5/c1-6(11(19)21-2)15-12(20)16-4-8-7(13-5-14-8)3-9(16)10(17)18/h5-6,9H,3-4H2,1-2H3,(H,13,14)(H,15,20)(H,17,18). The molecule has 0 aliphatic carbocycles. The molecule has 2 amide bonds. The lowest BCUT2D eigenvalue weighted by Gasteiger charge is -2.32. The molecule has 0 radical (unpaired) electrons. The van der Waals surface area contributed by atoms with Crippen LogP contribution in [0.25, 0.3) is 0 Å². The van der Waals surface area contributed by atoms with Crippen molar-refractivity contribution in [3.63, 3.8) is 0 Å². The number of rotatable bonds is 3. The van der Waals surface area contributed by atoms with Crippen LogP contribution in [-0.2, 0) is 27.3 Å². The molecule has 2 unspecified atom stereocenters. The molecule has 0 saturated heterocycles. The zero-order valence-corrected chi connectivity index (χ0v) is 11.6. The third-order valence-corrected chi connectivity index (χ3v) is 3.34. The maximum absolute atomic E-state index is 12.2. The number of aromatic nitrogens is 2. The molecule has 2 heterocycles. The summed E-state index contributed by atoms with van der Waals surface area (Å²) >= 11 is 0. The van der Waals surface area contributed by atoms with Gasteiger partial charge >= 0.3 is 18.0 Å². The molecule has 1 aromatic rings. The number of H-pyrrole nitrogens is 1. The predicted octanol–water partition coefficient (Wildman–Crippen LogP) is -0.508. The molecule has 2 atom stereocenters. The van der Waals surface area contributed by atoms with E-state index in [4.69, 9.17) is 0 Å². The van der Waals surface area contributed by atoms with Gasteiger partial charge in [0.05, 0.1) is 31.4 Å². The minimum Gasteiger partial charge on any atom is -0.480 e. The summed E-state index contributed by atoms with van der Waals surface area (Å²) < 4.78 is 4.51. The Kier molecular flexibility index (Phi) is 4.10. The fraction of sp³-hybridized carbons (Fsp3) is 0.500. The van der Waals surface area contributed by atoms with E-state index in [0.717, 1.165) is 4.90 Å². The van der Waals surface area contributed by atoms with Crippen molar-refractivity contribution in [2.75, 3.05) is 7.11 Å². The second-order valence-corrected chi connectivity index (χ2v) is 4.71. The number of fused-ring (bicyclic) bond motifs is 1. The van der Waals surface area contributed by atoms with Crippen LogP contribution in [0.2, 0.25) is 0 Å². The molecule has 0 saturated carbocycles. The average molecular weight is 296 g/mol. The van der Waals surface area contributed by atoms with Crippen molar-refractivity contribution in [2.24, 2.45) is 0 Å². The molecule has 114 valence electrons. The van der Waals surface area contributed by atoms with Crippen molar-refractivity contribution in [1.82, 2.24) is 20.2 Å². The summed E-state index contributed by atoms with van der Waals surface area (Å²) in [5.41, 5.74) is 1.32. The number of carboxylic acid groups (broad SMARTS) is 1. The average Bonchev–Trinajstić information content (AvgIpc) is 2.91. The molecule has 1 aliphatic heterocycles. The Balaban J connectivity index is 2.14. The summed E-state index contributed by atoms with van der Waals surface area (Å²) in [5, 5.41) is 11.7. The van der Waals surface area contributed by atoms with Gasteiger partial charge in [0.25, 0.3) is 0 Å². The van der Waals surface area contributed by atoms with Crippen molar-refractivity contribution in [2.45, 2.75) is 32.0 Å². The van der Waals surface area contributed by atoms with Gasteiger partial charge in [-0.3, -0.25) is 0 Å². The second kappa shape index (κ2) is 5.81. The van der Waals surface area contributed by atoms with Gasteiger partial charge in [-0.15, -0.1) is 0 Å². The van der Waals surface area contributed by atoms with E-state index in [1.165, 1.54) is 20.4 Å². The number of ether oxygens (including phenoxy) is 1. The Morgan fingerprint density at radius 3 is 2.90 bits per heavy atom. The fourth-order valence-electron chi connectivity index (χ4n) is 2.17. The Labute approximate surface area is 120 Å². The molecule has 9 heteroatoms. The lowest BCUT2D eigenvalue weighted by atomic mass is 10.0. The topological polar surface area (TPSA) is 125 Å². The van der Waals surface area contributed by atoms with E-state index in [0.29, 0.717) is 11.4 Å². The van der Waals surface area contributed by atoms with Gasteiger partial charge in [0.15, 0.2) is 0 Å². The Hall–Kier alpha value is -2.58. The van der Waals surface area contributed by atoms with E-state index >= 15 is 0 Å². The van der Waals surface area contributed by atoms with Crippen LogP contribution in [-0.4, -0.2) is 57.1 Å². The van der Waals surface area contributed by atoms with Crippen molar-refractivity contribution in [3.8, 4) is 0 Å². The number of esters is 1. The lowest BCUT2D eigenvalue weighted by molar-refractivity contribution is -0.142. The number of hydrogen-bond acceptors (Lipinski definition) is 5. The lowest BCUT2D eigenvalue weighted by Crippen LogP contribution is -2.55. The molecule has 0 bridgehead atoms. The number of urea groups is 1. The Bertz CT molecular complexity index is 570. The summed E-state index contributed by atoms with van der Waals surface area (Å²) in [6.07, 6.45) is 1.58. The van der Waals surface area contributed by atoms with Crippen molar-refractivity contribution in [1.29, 1.82) is 0 Å². The predicted molar refractivity (Wildman–Crippen MR) is 69.3 cm³/mol. The number of aromatic amines is 1. The maximum atomic E-state index is 12.2. The highest BCUT2D eigenvalue weighted by atomic mass is 16.5. The first-order valence-electron chi connectivity index (χ1n) is 6.33. The largest absolute Gasteiger partial charge is 0.480 e. The molecule has 2 rings (SSSR count). The number of nitrogens with zero attached hydrogens (tertiary/aromatic N) is 2. The van der Waals surface area contributed by atoms with Gasteiger partial charge in [0, 0.05) is 6.42 Å². The van der Waals surface area contributed by atoms with Crippen LogP contribution >= 0.6 is 0 Å². The number of carbonyl (C=O) groups is 3. The van der Waals surface area contributed by atoms with Crippen molar-refractivity contribution in [3.05, 3.63) is 17.7 Å². The van der Waals surface area contributed by atoms with Gasteiger partial charge in [-0.1, -0.05) is 0 Å². The number of amides is 2. The molecular weight excluding hydrogens is 280 g/mol. The molecule has 21 heavy (non-hydrogen) atoms. The minimum atomic E-state index is -1.12. The number of nitrogens with one attached hydrogen (secondary N) is 2. The summed E-state index contributed by atoms with van der Waals surface area (Å²) in [4.78, 5) is 42.9. The monoisotopic (exact) mass is 296 g/mol. The van der Waals surface area contributed by atoms with Crippen LogP contribution in [0.5, 0.6) is 0 Å². The Morgan fingerprint density at radius 1 is 1.57 bits per heavy atom. The van der Waals surface area contributed by atoms with E-state index in [1.807, 2.05) is 0 Å². The highest BCUT2D eigenvalue weighted by Crippen LogP contribution is 2.20. The smallest absolute Gasteiger partial charge is 0.328 e. The van der Waals surface area contributed by atoms with Crippen LogP contribution in [0.15, 0.2) is 6.33 Å². The summed E-state index contributed by atoms with van der Waals surface area (Å²) in [5.74, 6) is -1.72. The van der Waals surface area contributed by atoms with E-state index < -0.39 is 30.1 Å². The van der Waals surface area contributed by atoms with Gasteiger partial charge in [-0.25, -0.2) is 19.4 Å². The van der Waals surface area contributed by atoms with E-state index in [2.05, 4.69) is 20.0 Å².